The minimum Gasteiger partial charge on any atom is -0.494 e. The second kappa shape index (κ2) is 7.32. The zero-order valence-corrected chi connectivity index (χ0v) is 15.6. The van der Waals surface area contributed by atoms with Crippen molar-refractivity contribution in [1.29, 1.82) is 0 Å². The number of ether oxygens (including phenoxy) is 1. The number of nitrogens with zero attached hydrogens (tertiary/aromatic N) is 2. The summed E-state index contributed by atoms with van der Waals surface area (Å²) in [6.07, 6.45) is 6.21. The van der Waals surface area contributed by atoms with E-state index in [9.17, 15) is 9.18 Å². The Morgan fingerprint density at radius 1 is 1.32 bits per heavy atom. The molecule has 1 aliphatic heterocycles. The average Bonchev–Trinajstić information content (AvgIpc) is 2.92. The smallest absolute Gasteiger partial charge is 0.253 e. The van der Waals surface area contributed by atoms with Crippen molar-refractivity contribution in [2.75, 3.05) is 40.8 Å². The van der Waals surface area contributed by atoms with Crippen molar-refractivity contribution in [3.05, 3.63) is 29.6 Å². The Balaban J connectivity index is 1.80. The summed E-state index contributed by atoms with van der Waals surface area (Å²) in [5.74, 6) is 0.125. The first kappa shape index (κ1) is 18.2. The molecular weight excluding hydrogens is 319 g/mol. The minimum atomic E-state index is -0.482. The fraction of sp³-hybridized carbons (Fsp3) is 0.650. The molecule has 1 aromatic rings. The Kier molecular flexibility index (Phi) is 5.32. The maximum absolute atomic E-state index is 14.0. The van der Waals surface area contributed by atoms with Gasteiger partial charge < -0.3 is 14.5 Å². The van der Waals surface area contributed by atoms with Crippen molar-refractivity contribution in [2.45, 2.75) is 32.1 Å². The lowest BCUT2D eigenvalue weighted by Crippen LogP contribution is -2.38. The number of benzene rings is 1. The van der Waals surface area contributed by atoms with Crippen LogP contribution in [0.1, 0.15) is 42.5 Å². The van der Waals surface area contributed by atoms with Crippen LogP contribution in [-0.4, -0.2) is 56.5 Å². The number of amides is 1. The van der Waals surface area contributed by atoms with E-state index in [1.54, 1.807) is 6.07 Å². The molecule has 0 N–H and O–H groups in total. The van der Waals surface area contributed by atoms with Gasteiger partial charge in [0.1, 0.15) is 0 Å². The van der Waals surface area contributed by atoms with Crippen LogP contribution in [0.25, 0.3) is 0 Å². The molecule has 3 rings (SSSR count). The topological polar surface area (TPSA) is 32.8 Å². The van der Waals surface area contributed by atoms with Crippen LogP contribution in [0.4, 0.5) is 4.39 Å². The van der Waals surface area contributed by atoms with Gasteiger partial charge in [0.05, 0.1) is 7.11 Å². The molecule has 5 heteroatoms. The molecule has 1 heterocycles. The highest BCUT2D eigenvalue weighted by Gasteiger charge is 2.48. The van der Waals surface area contributed by atoms with Crippen molar-refractivity contribution in [3.63, 3.8) is 0 Å². The van der Waals surface area contributed by atoms with Gasteiger partial charge in [0, 0.05) is 25.2 Å². The summed E-state index contributed by atoms with van der Waals surface area (Å²) in [6, 6.07) is 4.50. The second-order valence-electron chi connectivity index (χ2n) is 7.92. The molecule has 1 atom stereocenters. The number of rotatable bonds is 4. The highest BCUT2D eigenvalue weighted by Crippen LogP contribution is 2.48. The van der Waals surface area contributed by atoms with Gasteiger partial charge in [-0.25, -0.2) is 4.39 Å². The van der Waals surface area contributed by atoms with E-state index in [-0.39, 0.29) is 17.1 Å². The van der Waals surface area contributed by atoms with Crippen LogP contribution in [0.5, 0.6) is 5.75 Å². The lowest BCUT2D eigenvalue weighted by atomic mass is 9.67. The van der Waals surface area contributed by atoms with Crippen molar-refractivity contribution in [1.82, 2.24) is 9.80 Å². The summed E-state index contributed by atoms with van der Waals surface area (Å²) < 4.78 is 18.9. The molecule has 0 radical (unpaired) electrons. The van der Waals surface area contributed by atoms with Gasteiger partial charge in [-0.1, -0.05) is 19.3 Å². The Hall–Kier alpha value is -1.62. The predicted molar refractivity (Wildman–Crippen MR) is 96.4 cm³/mol. The first-order chi connectivity index (χ1) is 11.9. The summed E-state index contributed by atoms with van der Waals surface area (Å²) in [7, 11) is 5.62. The van der Waals surface area contributed by atoms with Gasteiger partial charge in [-0.2, -0.15) is 0 Å². The maximum atomic E-state index is 14.0. The van der Waals surface area contributed by atoms with Crippen molar-refractivity contribution >= 4 is 5.91 Å². The van der Waals surface area contributed by atoms with Crippen LogP contribution < -0.4 is 4.74 Å². The minimum absolute atomic E-state index is 0.0623. The molecule has 1 saturated heterocycles. The molecule has 1 unspecified atom stereocenters. The third-order valence-corrected chi connectivity index (χ3v) is 5.93. The van der Waals surface area contributed by atoms with Gasteiger partial charge in [0.2, 0.25) is 0 Å². The third-order valence-electron chi connectivity index (χ3n) is 5.93. The number of carbonyl (C=O) groups excluding carboxylic acids is 1. The molecule has 0 bridgehead atoms. The summed E-state index contributed by atoms with van der Waals surface area (Å²) in [5.41, 5.74) is 0.651. The first-order valence-electron chi connectivity index (χ1n) is 9.23. The lowest BCUT2D eigenvalue weighted by Gasteiger charge is -2.39. The second-order valence-corrected chi connectivity index (χ2v) is 7.92. The summed E-state index contributed by atoms with van der Waals surface area (Å²) >= 11 is 0. The predicted octanol–water partition coefficient (Wildman–Crippen LogP) is 3.42. The largest absolute Gasteiger partial charge is 0.494 e. The summed E-state index contributed by atoms with van der Waals surface area (Å²) in [5, 5.41) is 0. The number of likely N-dealkylation sites (tertiary alicyclic amines) is 1. The normalized spacial score (nSPS) is 22.6. The van der Waals surface area contributed by atoms with Crippen LogP contribution >= 0.6 is 0 Å². The van der Waals surface area contributed by atoms with Gasteiger partial charge >= 0.3 is 0 Å². The highest BCUT2D eigenvalue weighted by molar-refractivity contribution is 5.94. The van der Waals surface area contributed by atoms with Crippen molar-refractivity contribution in [3.8, 4) is 5.75 Å². The molecule has 1 spiro atoms. The molecule has 2 aliphatic rings. The molecule has 1 amide bonds. The van der Waals surface area contributed by atoms with Gasteiger partial charge in [-0.15, -0.1) is 0 Å². The third kappa shape index (κ3) is 3.66. The number of hydrogen-bond donors (Lipinski definition) is 0. The summed E-state index contributed by atoms with van der Waals surface area (Å²) in [6.45, 7) is 2.57. The van der Waals surface area contributed by atoms with E-state index in [0.29, 0.717) is 11.5 Å². The zero-order chi connectivity index (χ0) is 18.0. The van der Waals surface area contributed by atoms with Crippen LogP contribution in [0.15, 0.2) is 18.2 Å². The Bertz CT molecular complexity index is 626. The van der Waals surface area contributed by atoms with E-state index in [1.165, 1.54) is 51.3 Å². The molecule has 1 aromatic carbocycles. The fourth-order valence-electron chi connectivity index (χ4n) is 4.68. The average molecular weight is 348 g/mol. The lowest BCUT2D eigenvalue weighted by molar-refractivity contribution is 0.0754. The fourth-order valence-corrected chi connectivity index (χ4v) is 4.68. The monoisotopic (exact) mass is 348 g/mol. The Labute approximate surface area is 149 Å². The van der Waals surface area contributed by atoms with E-state index in [4.69, 9.17) is 4.74 Å². The number of carbonyl (C=O) groups is 1. The summed E-state index contributed by atoms with van der Waals surface area (Å²) in [4.78, 5) is 17.1. The Morgan fingerprint density at radius 2 is 2.04 bits per heavy atom. The molecule has 25 heavy (non-hydrogen) atoms. The quantitative estimate of drug-likeness (QED) is 0.836. The van der Waals surface area contributed by atoms with Gasteiger partial charge in [-0.05, 0) is 56.5 Å². The molecular formula is C20H29FN2O2. The van der Waals surface area contributed by atoms with E-state index in [2.05, 4.69) is 19.0 Å². The van der Waals surface area contributed by atoms with Gasteiger partial charge in [0.15, 0.2) is 11.6 Å². The molecule has 1 aliphatic carbocycles. The van der Waals surface area contributed by atoms with Crippen LogP contribution in [0.3, 0.4) is 0 Å². The zero-order valence-electron chi connectivity index (χ0n) is 15.6. The van der Waals surface area contributed by atoms with Crippen molar-refractivity contribution in [2.24, 2.45) is 11.3 Å². The van der Waals surface area contributed by atoms with Crippen LogP contribution in [-0.2, 0) is 0 Å². The molecule has 2 fully saturated rings. The highest BCUT2D eigenvalue weighted by atomic mass is 19.1. The number of halogens is 1. The molecule has 138 valence electrons. The van der Waals surface area contributed by atoms with E-state index in [0.717, 1.165) is 19.6 Å². The van der Waals surface area contributed by atoms with E-state index >= 15 is 0 Å². The molecule has 0 aromatic heterocycles. The standard InChI is InChI=1S/C20H29FN2O2/c1-22(2)12-16-13-23(14-20(16)9-5-4-6-10-20)19(24)15-7-8-18(25-3)17(21)11-15/h7-8,11,16H,4-6,9-10,12-14H2,1-3H3. The van der Waals surface area contributed by atoms with Crippen LogP contribution in [0.2, 0.25) is 0 Å². The molecule has 4 nitrogen and oxygen atoms in total. The van der Waals surface area contributed by atoms with E-state index in [1.807, 2.05) is 4.90 Å². The number of hydrogen-bond acceptors (Lipinski definition) is 3. The van der Waals surface area contributed by atoms with Gasteiger partial charge in [0.25, 0.3) is 5.91 Å². The van der Waals surface area contributed by atoms with Crippen LogP contribution in [0, 0.1) is 17.2 Å². The number of methoxy groups -OCH3 is 1. The SMILES string of the molecule is COc1ccc(C(=O)N2CC(CN(C)C)C3(CCCCC3)C2)cc1F. The maximum Gasteiger partial charge on any atom is 0.253 e. The van der Waals surface area contributed by atoms with E-state index < -0.39 is 5.82 Å². The van der Waals surface area contributed by atoms with Gasteiger partial charge in [-0.3, -0.25) is 4.79 Å². The van der Waals surface area contributed by atoms with Crippen molar-refractivity contribution < 1.29 is 13.9 Å². The molecule has 1 saturated carbocycles. The Morgan fingerprint density at radius 3 is 2.64 bits per heavy atom. The first-order valence-corrected chi connectivity index (χ1v) is 9.23.